The molecule has 2 atom stereocenters. The molecule has 1 aliphatic carbocycles. The molecule has 0 heterocycles. The van der Waals surface area contributed by atoms with E-state index in [1.807, 2.05) is 0 Å². The molecule has 11 heavy (non-hydrogen) atoms. The second-order valence-electron chi connectivity index (χ2n) is 4.07. The maximum Gasteiger partial charge on any atom is 0.00645 e. The fourth-order valence-electron chi connectivity index (χ4n) is 1.42. The van der Waals surface area contributed by atoms with E-state index in [0.29, 0.717) is 12.0 Å². The lowest BCUT2D eigenvalue weighted by atomic mass is 9.95. The van der Waals surface area contributed by atoms with Crippen LogP contribution in [0.25, 0.3) is 0 Å². The zero-order valence-electron chi connectivity index (χ0n) is 7.84. The van der Waals surface area contributed by atoms with Crippen LogP contribution < -0.4 is 5.73 Å². The Morgan fingerprint density at radius 3 is 2.55 bits per heavy atom. The fourth-order valence-corrected chi connectivity index (χ4v) is 1.42. The Morgan fingerprint density at radius 1 is 1.45 bits per heavy atom. The Kier molecular flexibility index (Phi) is 3.38. The van der Waals surface area contributed by atoms with E-state index in [4.69, 9.17) is 5.73 Å². The van der Waals surface area contributed by atoms with Crippen LogP contribution in [0.4, 0.5) is 0 Å². The lowest BCUT2D eigenvalue weighted by molar-refractivity contribution is 0.403. The summed E-state index contributed by atoms with van der Waals surface area (Å²) in [4.78, 5) is 0. The van der Waals surface area contributed by atoms with Gasteiger partial charge in [0.25, 0.3) is 0 Å². The Bertz CT molecular complexity index is 107. The van der Waals surface area contributed by atoms with Crippen molar-refractivity contribution in [3.63, 3.8) is 0 Å². The van der Waals surface area contributed by atoms with Crippen molar-refractivity contribution >= 4 is 0 Å². The molecule has 1 nitrogen and oxygen atoms in total. The number of nitrogens with two attached hydrogens (primary N) is 1. The first-order chi connectivity index (χ1) is 5.24. The van der Waals surface area contributed by atoms with Gasteiger partial charge in [-0.2, -0.15) is 0 Å². The first-order valence-corrected chi connectivity index (χ1v) is 4.99. The average Bonchev–Trinajstić information content (AvgIpc) is 2.81. The SMILES string of the molecule is CCC(C)C(N)CCC1CC1. The Morgan fingerprint density at radius 2 is 2.09 bits per heavy atom. The summed E-state index contributed by atoms with van der Waals surface area (Å²) in [6.07, 6.45) is 6.79. The van der Waals surface area contributed by atoms with Crippen LogP contribution in [0.5, 0.6) is 0 Å². The molecule has 1 saturated carbocycles. The zero-order valence-corrected chi connectivity index (χ0v) is 7.84. The highest BCUT2D eigenvalue weighted by Gasteiger charge is 2.22. The predicted octanol–water partition coefficient (Wildman–Crippen LogP) is 2.55. The molecule has 1 heteroatoms. The topological polar surface area (TPSA) is 26.0 Å². The van der Waals surface area contributed by atoms with Crippen molar-refractivity contribution in [2.45, 2.75) is 52.0 Å². The number of hydrogen-bond acceptors (Lipinski definition) is 1. The van der Waals surface area contributed by atoms with Gasteiger partial charge in [0, 0.05) is 6.04 Å². The zero-order chi connectivity index (χ0) is 8.27. The minimum Gasteiger partial charge on any atom is -0.327 e. The second-order valence-corrected chi connectivity index (χ2v) is 4.07. The molecule has 66 valence electrons. The van der Waals surface area contributed by atoms with E-state index in [0.717, 1.165) is 5.92 Å². The summed E-state index contributed by atoms with van der Waals surface area (Å²) in [6.45, 7) is 4.49. The molecule has 0 aromatic carbocycles. The average molecular weight is 155 g/mol. The van der Waals surface area contributed by atoms with Gasteiger partial charge in [-0.1, -0.05) is 33.1 Å². The lowest BCUT2D eigenvalue weighted by Gasteiger charge is -2.17. The molecule has 0 saturated heterocycles. The predicted molar refractivity (Wildman–Crippen MR) is 49.4 cm³/mol. The molecule has 2 N–H and O–H groups in total. The minimum absolute atomic E-state index is 0.459. The minimum atomic E-state index is 0.459. The molecule has 1 rings (SSSR count). The Balaban J connectivity index is 2.03. The molecule has 0 bridgehead atoms. The van der Waals surface area contributed by atoms with Crippen molar-refractivity contribution in [3.8, 4) is 0 Å². The summed E-state index contributed by atoms with van der Waals surface area (Å²) < 4.78 is 0. The molecule has 1 fully saturated rings. The van der Waals surface area contributed by atoms with E-state index in [2.05, 4.69) is 13.8 Å². The highest BCUT2D eigenvalue weighted by Crippen LogP contribution is 2.34. The first-order valence-electron chi connectivity index (χ1n) is 4.99. The maximum absolute atomic E-state index is 6.00. The van der Waals surface area contributed by atoms with Gasteiger partial charge >= 0.3 is 0 Å². The molecule has 0 radical (unpaired) electrons. The smallest absolute Gasteiger partial charge is 0.00645 e. The molecular formula is C10H21N. The normalized spacial score (nSPS) is 23.2. The van der Waals surface area contributed by atoms with Gasteiger partial charge in [-0.3, -0.25) is 0 Å². The van der Waals surface area contributed by atoms with Crippen LogP contribution in [0.1, 0.15) is 46.0 Å². The molecular weight excluding hydrogens is 134 g/mol. The van der Waals surface area contributed by atoms with Gasteiger partial charge in [0.15, 0.2) is 0 Å². The van der Waals surface area contributed by atoms with Crippen LogP contribution in [-0.2, 0) is 0 Å². The van der Waals surface area contributed by atoms with Gasteiger partial charge < -0.3 is 5.73 Å². The molecule has 2 unspecified atom stereocenters. The standard InChI is InChI=1S/C10H21N/c1-3-8(2)10(11)7-6-9-4-5-9/h8-10H,3-7,11H2,1-2H3. The largest absolute Gasteiger partial charge is 0.327 e. The fraction of sp³-hybridized carbons (Fsp3) is 1.00. The van der Waals surface area contributed by atoms with E-state index in [9.17, 15) is 0 Å². The van der Waals surface area contributed by atoms with Gasteiger partial charge in [0.05, 0.1) is 0 Å². The highest BCUT2D eigenvalue weighted by atomic mass is 14.6. The highest BCUT2D eigenvalue weighted by molar-refractivity contribution is 4.77. The molecule has 0 amide bonds. The van der Waals surface area contributed by atoms with E-state index in [1.165, 1.54) is 32.1 Å². The molecule has 0 aromatic heterocycles. The van der Waals surface area contributed by atoms with E-state index >= 15 is 0 Å². The van der Waals surface area contributed by atoms with Crippen LogP contribution in [0.15, 0.2) is 0 Å². The molecule has 0 spiro atoms. The number of rotatable bonds is 5. The third-order valence-electron chi connectivity index (χ3n) is 2.98. The maximum atomic E-state index is 6.00. The van der Waals surface area contributed by atoms with Crippen molar-refractivity contribution in [3.05, 3.63) is 0 Å². The summed E-state index contributed by atoms with van der Waals surface area (Å²) in [6, 6.07) is 0.459. The third-order valence-corrected chi connectivity index (χ3v) is 2.98. The van der Waals surface area contributed by atoms with Gasteiger partial charge in [-0.15, -0.1) is 0 Å². The molecule has 1 aliphatic rings. The van der Waals surface area contributed by atoms with Crippen LogP contribution in [0.3, 0.4) is 0 Å². The summed E-state index contributed by atoms with van der Waals surface area (Å²) in [5.74, 6) is 1.76. The van der Waals surface area contributed by atoms with Crippen LogP contribution in [-0.4, -0.2) is 6.04 Å². The molecule has 0 aliphatic heterocycles. The van der Waals surface area contributed by atoms with Crippen molar-refractivity contribution < 1.29 is 0 Å². The summed E-state index contributed by atoms with van der Waals surface area (Å²) in [5.41, 5.74) is 6.00. The van der Waals surface area contributed by atoms with Crippen molar-refractivity contribution in [1.82, 2.24) is 0 Å². The monoisotopic (exact) mass is 155 g/mol. The van der Waals surface area contributed by atoms with Gasteiger partial charge in [-0.25, -0.2) is 0 Å². The van der Waals surface area contributed by atoms with Gasteiger partial charge in [0.1, 0.15) is 0 Å². The van der Waals surface area contributed by atoms with E-state index < -0.39 is 0 Å². The number of hydrogen-bond donors (Lipinski definition) is 1. The third kappa shape index (κ3) is 3.24. The van der Waals surface area contributed by atoms with E-state index in [-0.39, 0.29) is 0 Å². The Labute approximate surface area is 70.4 Å². The first kappa shape index (κ1) is 9.05. The second kappa shape index (κ2) is 4.10. The summed E-state index contributed by atoms with van der Waals surface area (Å²) >= 11 is 0. The van der Waals surface area contributed by atoms with Crippen molar-refractivity contribution in [2.24, 2.45) is 17.6 Å². The van der Waals surface area contributed by atoms with Crippen LogP contribution in [0, 0.1) is 11.8 Å². The van der Waals surface area contributed by atoms with Crippen molar-refractivity contribution in [2.75, 3.05) is 0 Å². The van der Waals surface area contributed by atoms with Gasteiger partial charge in [0.2, 0.25) is 0 Å². The lowest BCUT2D eigenvalue weighted by Crippen LogP contribution is -2.27. The van der Waals surface area contributed by atoms with E-state index in [1.54, 1.807) is 0 Å². The van der Waals surface area contributed by atoms with Crippen molar-refractivity contribution in [1.29, 1.82) is 0 Å². The quantitative estimate of drug-likeness (QED) is 0.648. The van der Waals surface area contributed by atoms with Crippen LogP contribution in [0.2, 0.25) is 0 Å². The summed E-state index contributed by atoms with van der Waals surface area (Å²) in [7, 11) is 0. The van der Waals surface area contributed by atoms with Crippen LogP contribution >= 0.6 is 0 Å². The molecule has 0 aromatic rings. The Hall–Kier alpha value is -0.0400. The summed E-state index contributed by atoms with van der Waals surface area (Å²) in [5, 5.41) is 0. The van der Waals surface area contributed by atoms with Gasteiger partial charge in [-0.05, 0) is 24.7 Å².